The smallest absolute Gasteiger partial charge is 0.0560 e. The molecule has 0 amide bonds. The first kappa shape index (κ1) is 11.0. The fraction of sp³-hybridized carbons (Fsp3) is 1.00. The van der Waals surface area contributed by atoms with Crippen molar-refractivity contribution in [3.63, 3.8) is 0 Å². The predicted molar refractivity (Wildman–Crippen MR) is 55.6 cm³/mol. The van der Waals surface area contributed by atoms with E-state index in [1.165, 1.54) is 25.7 Å². The molecule has 0 aromatic heterocycles. The van der Waals surface area contributed by atoms with Crippen molar-refractivity contribution >= 4 is 0 Å². The molecule has 0 saturated heterocycles. The zero-order valence-corrected chi connectivity index (χ0v) is 9.18. The van der Waals surface area contributed by atoms with Crippen molar-refractivity contribution in [1.29, 1.82) is 0 Å². The van der Waals surface area contributed by atoms with Gasteiger partial charge in [-0.3, -0.25) is 0 Å². The van der Waals surface area contributed by atoms with E-state index < -0.39 is 0 Å². The Morgan fingerprint density at radius 1 is 1.62 bits per heavy atom. The van der Waals surface area contributed by atoms with E-state index in [9.17, 15) is 0 Å². The highest BCUT2D eigenvalue weighted by Gasteiger charge is 2.35. The molecule has 0 aromatic rings. The maximum Gasteiger partial charge on any atom is 0.0560 e. The molecule has 1 saturated carbocycles. The first-order valence-corrected chi connectivity index (χ1v) is 5.41. The van der Waals surface area contributed by atoms with Crippen LogP contribution in [0.1, 0.15) is 46.0 Å². The molecule has 1 rings (SSSR count). The number of ether oxygens (including phenoxy) is 1. The van der Waals surface area contributed by atoms with Gasteiger partial charge in [-0.2, -0.15) is 0 Å². The number of hydrogen-bond acceptors (Lipinski definition) is 2. The predicted octanol–water partition coefficient (Wildman–Crippen LogP) is 2.32. The second kappa shape index (κ2) is 4.43. The molecule has 2 N–H and O–H groups in total. The molecular formula is C11H23NO. The normalized spacial score (nSPS) is 36.5. The van der Waals surface area contributed by atoms with Crippen molar-refractivity contribution in [1.82, 2.24) is 0 Å². The Balaban J connectivity index is 2.40. The third-order valence-corrected chi connectivity index (χ3v) is 3.42. The van der Waals surface area contributed by atoms with Crippen molar-refractivity contribution in [3.05, 3.63) is 0 Å². The summed E-state index contributed by atoms with van der Waals surface area (Å²) < 4.78 is 5.27. The van der Waals surface area contributed by atoms with E-state index in [0.29, 0.717) is 6.10 Å². The Morgan fingerprint density at radius 2 is 2.31 bits per heavy atom. The highest BCUT2D eigenvalue weighted by molar-refractivity contribution is 4.94. The first-order chi connectivity index (χ1) is 6.09. The Labute approximate surface area is 81.8 Å². The Kier molecular flexibility index (Phi) is 3.74. The fourth-order valence-electron chi connectivity index (χ4n) is 2.46. The summed E-state index contributed by atoms with van der Waals surface area (Å²) in [6.45, 7) is 4.37. The van der Waals surface area contributed by atoms with Crippen LogP contribution in [0.3, 0.4) is 0 Å². The molecular weight excluding hydrogens is 162 g/mol. The van der Waals surface area contributed by atoms with Gasteiger partial charge in [0.15, 0.2) is 0 Å². The maximum atomic E-state index is 6.32. The van der Waals surface area contributed by atoms with Crippen LogP contribution in [0.2, 0.25) is 0 Å². The molecule has 0 radical (unpaired) electrons. The molecule has 1 aliphatic rings. The van der Waals surface area contributed by atoms with E-state index in [4.69, 9.17) is 10.5 Å². The SMILES string of the molecule is CCC1CCC(N)(CC(C)OC)C1. The number of rotatable bonds is 4. The van der Waals surface area contributed by atoms with Gasteiger partial charge in [0.05, 0.1) is 6.10 Å². The summed E-state index contributed by atoms with van der Waals surface area (Å²) in [5.74, 6) is 0.856. The highest BCUT2D eigenvalue weighted by atomic mass is 16.5. The molecule has 2 heteroatoms. The third-order valence-electron chi connectivity index (χ3n) is 3.42. The summed E-state index contributed by atoms with van der Waals surface area (Å²) in [6, 6.07) is 0. The van der Waals surface area contributed by atoms with Gasteiger partial charge in [-0.05, 0) is 38.5 Å². The Hall–Kier alpha value is -0.0800. The third kappa shape index (κ3) is 2.96. The molecule has 0 aromatic carbocycles. The largest absolute Gasteiger partial charge is 0.382 e. The quantitative estimate of drug-likeness (QED) is 0.729. The Bertz CT molecular complexity index is 160. The molecule has 0 spiro atoms. The van der Waals surface area contributed by atoms with Crippen molar-refractivity contribution in [2.75, 3.05) is 7.11 Å². The first-order valence-electron chi connectivity index (χ1n) is 5.41. The number of nitrogens with two attached hydrogens (primary N) is 1. The molecule has 0 aliphatic heterocycles. The van der Waals surface area contributed by atoms with Crippen LogP contribution in [-0.2, 0) is 4.74 Å². The monoisotopic (exact) mass is 185 g/mol. The summed E-state index contributed by atoms with van der Waals surface area (Å²) in [4.78, 5) is 0. The van der Waals surface area contributed by atoms with Gasteiger partial charge in [0.2, 0.25) is 0 Å². The summed E-state index contributed by atoms with van der Waals surface area (Å²) in [6.07, 6.45) is 6.28. The minimum Gasteiger partial charge on any atom is -0.382 e. The molecule has 3 atom stereocenters. The topological polar surface area (TPSA) is 35.2 Å². The number of methoxy groups -OCH3 is 1. The van der Waals surface area contributed by atoms with E-state index in [1.807, 2.05) is 0 Å². The molecule has 13 heavy (non-hydrogen) atoms. The molecule has 0 heterocycles. The van der Waals surface area contributed by atoms with Crippen molar-refractivity contribution < 1.29 is 4.74 Å². The average molecular weight is 185 g/mol. The lowest BCUT2D eigenvalue weighted by Gasteiger charge is -2.27. The molecule has 0 bridgehead atoms. The van der Waals surface area contributed by atoms with E-state index in [-0.39, 0.29) is 5.54 Å². The van der Waals surface area contributed by atoms with Gasteiger partial charge < -0.3 is 10.5 Å². The van der Waals surface area contributed by atoms with Gasteiger partial charge in [-0.25, -0.2) is 0 Å². The van der Waals surface area contributed by atoms with Crippen LogP contribution in [0.15, 0.2) is 0 Å². The minimum atomic E-state index is 0.0656. The number of hydrogen-bond donors (Lipinski definition) is 1. The fourth-order valence-corrected chi connectivity index (χ4v) is 2.46. The zero-order chi connectivity index (χ0) is 9.90. The molecule has 1 aliphatic carbocycles. The second-order valence-electron chi connectivity index (χ2n) is 4.63. The van der Waals surface area contributed by atoms with Gasteiger partial charge in [0, 0.05) is 12.6 Å². The second-order valence-corrected chi connectivity index (χ2v) is 4.63. The molecule has 1 fully saturated rings. The lowest BCUT2D eigenvalue weighted by molar-refractivity contribution is 0.0879. The van der Waals surface area contributed by atoms with Gasteiger partial charge in [-0.1, -0.05) is 13.3 Å². The zero-order valence-electron chi connectivity index (χ0n) is 9.18. The molecule has 2 nitrogen and oxygen atoms in total. The molecule has 3 unspecified atom stereocenters. The standard InChI is InChI=1S/C11H23NO/c1-4-10-5-6-11(12,8-10)7-9(2)13-3/h9-10H,4-8,12H2,1-3H3. The van der Waals surface area contributed by atoms with E-state index in [0.717, 1.165) is 12.3 Å². The minimum absolute atomic E-state index is 0.0656. The summed E-state index contributed by atoms with van der Waals surface area (Å²) in [5, 5.41) is 0. The van der Waals surface area contributed by atoms with Crippen LogP contribution in [0.4, 0.5) is 0 Å². The summed E-state index contributed by atoms with van der Waals surface area (Å²) >= 11 is 0. The van der Waals surface area contributed by atoms with Crippen molar-refractivity contribution in [3.8, 4) is 0 Å². The average Bonchev–Trinajstić information content (AvgIpc) is 2.47. The van der Waals surface area contributed by atoms with Crippen LogP contribution in [0, 0.1) is 5.92 Å². The van der Waals surface area contributed by atoms with Crippen LogP contribution in [0.25, 0.3) is 0 Å². The van der Waals surface area contributed by atoms with Crippen LogP contribution >= 0.6 is 0 Å². The Morgan fingerprint density at radius 3 is 2.77 bits per heavy atom. The van der Waals surface area contributed by atoms with E-state index >= 15 is 0 Å². The van der Waals surface area contributed by atoms with Gasteiger partial charge >= 0.3 is 0 Å². The van der Waals surface area contributed by atoms with Crippen LogP contribution in [-0.4, -0.2) is 18.8 Å². The van der Waals surface area contributed by atoms with E-state index in [1.54, 1.807) is 7.11 Å². The molecule has 78 valence electrons. The summed E-state index contributed by atoms with van der Waals surface area (Å²) in [5.41, 5.74) is 6.39. The lowest BCUT2D eigenvalue weighted by atomic mass is 9.90. The highest BCUT2D eigenvalue weighted by Crippen LogP contribution is 2.37. The van der Waals surface area contributed by atoms with Gasteiger partial charge in [0.1, 0.15) is 0 Å². The van der Waals surface area contributed by atoms with Crippen LogP contribution in [0.5, 0.6) is 0 Å². The summed E-state index contributed by atoms with van der Waals surface area (Å²) in [7, 11) is 1.76. The van der Waals surface area contributed by atoms with Crippen molar-refractivity contribution in [2.24, 2.45) is 11.7 Å². The van der Waals surface area contributed by atoms with E-state index in [2.05, 4.69) is 13.8 Å². The van der Waals surface area contributed by atoms with Crippen LogP contribution < -0.4 is 5.73 Å². The van der Waals surface area contributed by atoms with Gasteiger partial charge in [0.25, 0.3) is 0 Å². The van der Waals surface area contributed by atoms with Crippen molar-refractivity contribution in [2.45, 2.75) is 57.6 Å². The van der Waals surface area contributed by atoms with Gasteiger partial charge in [-0.15, -0.1) is 0 Å². The maximum absolute atomic E-state index is 6.32. The lowest BCUT2D eigenvalue weighted by Crippen LogP contribution is -2.40.